The quantitative estimate of drug-likeness (QED) is 0.603. The van der Waals surface area contributed by atoms with Crippen molar-refractivity contribution in [1.29, 1.82) is 0 Å². The highest BCUT2D eigenvalue weighted by atomic mass is 16.5. The summed E-state index contributed by atoms with van der Waals surface area (Å²) in [6, 6.07) is 17.9. The smallest absolute Gasteiger partial charge is 0.338 e. The van der Waals surface area contributed by atoms with Crippen molar-refractivity contribution in [2.75, 3.05) is 6.61 Å². The third kappa shape index (κ3) is 5.95. The van der Waals surface area contributed by atoms with Gasteiger partial charge in [0.25, 0.3) is 0 Å². The molecule has 3 unspecified atom stereocenters. The first-order chi connectivity index (χ1) is 13.2. The van der Waals surface area contributed by atoms with Crippen molar-refractivity contribution in [3.63, 3.8) is 0 Å². The van der Waals surface area contributed by atoms with E-state index in [-0.39, 0.29) is 41.9 Å². The molecule has 0 aliphatic carbocycles. The molecule has 2 aromatic rings. The molecule has 2 aromatic carbocycles. The summed E-state index contributed by atoms with van der Waals surface area (Å²) in [5, 5.41) is 0. The molecule has 0 bridgehead atoms. The highest BCUT2D eigenvalue weighted by Gasteiger charge is 2.37. The summed E-state index contributed by atoms with van der Waals surface area (Å²) in [5.74, 6) is -0.639. The summed E-state index contributed by atoms with van der Waals surface area (Å²) in [6.07, 6.45) is -0.321. The zero-order valence-corrected chi connectivity index (χ0v) is 17.3. The number of hydrogen-bond acceptors (Lipinski definition) is 4. The predicted octanol–water partition coefficient (Wildman–Crippen LogP) is 5.39. The van der Waals surface area contributed by atoms with Gasteiger partial charge < -0.3 is 9.47 Å². The van der Waals surface area contributed by atoms with E-state index in [2.05, 4.69) is 20.8 Å². The van der Waals surface area contributed by atoms with E-state index in [0.29, 0.717) is 11.1 Å². The molecule has 0 aromatic heterocycles. The Morgan fingerprint density at radius 2 is 1.29 bits per heavy atom. The van der Waals surface area contributed by atoms with E-state index in [1.54, 1.807) is 24.3 Å². The molecule has 3 atom stereocenters. The number of carbonyl (C=O) groups excluding carboxylic acids is 2. The van der Waals surface area contributed by atoms with Gasteiger partial charge in [-0.3, -0.25) is 0 Å². The summed E-state index contributed by atoms with van der Waals surface area (Å²) < 4.78 is 11.3. The number of esters is 2. The number of hydrogen-bond donors (Lipinski definition) is 0. The number of ether oxygens (including phenoxy) is 2. The average molecular weight is 383 g/mol. The first-order valence-corrected chi connectivity index (χ1v) is 9.68. The van der Waals surface area contributed by atoms with Crippen LogP contribution in [0.4, 0.5) is 0 Å². The molecule has 0 spiro atoms. The maximum absolute atomic E-state index is 12.5. The fraction of sp³-hybridized carbons (Fsp3) is 0.417. The minimum Gasteiger partial charge on any atom is -0.462 e. The van der Waals surface area contributed by atoms with Crippen LogP contribution >= 0.6 is 0 Å². The molecule has 0 saturated carbocycles. The summed E-state index contributed by atoms with van der Waals surface area (Å²) in [6.45, 7) is 10.5. The Morgan fingerprint density at radius 3 is 1.75 bits per heavy atom. The van der Waals surface area contributed by atoms with Gasteiger partial charge in [0.15, 0.2) is 0 Å². The maximum Gasteiger partial charge on any atom is 0.338 e. The van der Waals surface area contributed by atoms with Crippen LogP contribution in [0.3, 0.4) is 0 Å². The lowest BCUT2D eigenvalue weighted by atomic mass is 9.71. The van der Waals surface area contributed by atoms with Crippen LogP contribution in [-0.4, -0.2) is 24.6 Å². The second-order valence-corrected chi connectivity index (χ2v) is 8.31. The monoisotopic (exact) mass is 382 g/mol. The normalized spacial score (nSPS) is 14.6. The van der Waals surface area contributed by atoms with Crippen molar-refractivity contribution in [2.45, 2.75) is 40.7 Å². The molecule has 4 heteroatoms. The largest absolute Gasteiger partial charge is 0.462 e. The van der Waals surface area contributed by atoms with Gasteiger partial charge in [0.2, 0.25) is 0 Å². The van der Waals surface area contributed by atoms with E-state index >= 15 is 0 Å². The maximum atomic E-state index is 12.5. The predicted molar refractivity (Wildman–Crippen MR) is 110 cm³/mol. The molecule has 2 rings (SSSR count). The van der Waals surface area contributed by atoms with Crippen LogP contribution in [0.5, 0.6) is 0 Å². The van der Waals surface area contributed by atoms with E-state index in [0.717, 1.165) is 0 Å². The van der Waals surface area contributed by atoms with Crippen molar-refractivity contribution in [1.82, 2.24) is 0 Å². The fourth-order valence-electron chi connectivity index (χ4n) is 3.87. The highest BCUT2D eigenvalue weighted by Crippen LogP contribution is 2.36. The molecule has 0 radical (unpaired) electrons. The van der Waals surface area contributed by atoms with Gasteiger partial charge in [-0.25, -0.2) is 9.59 Å². The molecule has 4 nitrogen and oxygen atoms in total. The Bertz CT molecular complexity index is 762. The van der Waals surface area contributed by atoms with E-state index in [4.69, 9.17) is 9.47 Å². The van der Waals surface area contributed by atoms with Gasteiger partial charge in [0.05, 0.1) is 17.7 Å². The fourth-order valence-corrected chi connectivity index (χ4v) is 3.87. The molecule has 0 aliphatic rings. The third-order valence-electron chi connectivity index (χ3n) is 4.91. The van der Waals surface area contributed by atoms with Crippen molar-refractivity contribution in [3.8, 4) is 0 Å². The second kappa shape index (κ2) is 9.54. The highest BCUT2D eigenvalue weighted by molar-refractivity contribution is 5.89. The SMILES string of the molecule is CC(COC(=O)c1ccccc1)C(C(C)OC(=O)c1ccccc1)C(C)(C)C. The molecule has 0 saturated heterocycles. The lowest BCUT2D eigenvalue weighted by molar-refractivity contribution is -0.0308. The Hall–Kier alpha value is -2.62. The van der Waals surface area contributed by atoms with Crippen LogP contribution in [0.25, 0.3) is 0 Å². The van der Waals surface area contributed by atoms with Crippen molar-refractivity contribution in [2.24, 2.45) is 17.3 Å². The minimum atomic E-state index is -0.339. The first kappa shape index (κ1) is 21.7. The molecule has 0 aliphatic heterocycles. The lowest BCUT2D eigenvalue weighted by Crippen LogP contribution is -2.40. The van der Waals surface area contributed by atoms with E-state index in [1.165, 1.54) is 0 Å². The van der Waals surface area contributed by atoms with E-state index < -0.39 is 0 Å². The Labute approximate surface area is 167 Å². The number of carbonyl (C=O) groups is 2. The average Bonchev–Trinajstić information content (AvgIpc) is 2.66. The Balaban J connectivity index is 2.03. The van der Waals surface area contributed by atoms with Gasteiger partial charge in [-0.2, -0.15) is 0 Å². The molecule has 0 N–H and O–H groups in total. The second-order valence-electron chi connectivity index (χ2n) is 8.31. The summed E-state index contributed by atoms with van der Waals surface area (Å²) in [5.41, 5.74) is 0.935. The topological polar surface area (TPSA) is 52.6 Å². The van der Waals surface area contributed by atoms with Crippen LogP contribution in [0.15, 0.2) is 60.7 Å². The summed E-state index contributed by atoms with van der Waals surface area (Å²) >= 11 is 0. The van der Waals surface area contributed by atoms with E-state index in [1.807, 2.05) is 50.2 Å². The zero-order valence-electron chi connectivity index (χ0n) is 17.3. The van der Waals surface area contributed by atoms with Crippen LogP contribution in [0.2, 0.25) is 0 Å². The van der Waals surface area contributed by atoms with Gasteiger partial charge in [-0.05, 0) is 42.5 Å². The number of rotatable bonds is 7. The molecule has 0 amide bonds. The van der Waals surface area contributed by atoms with Crippen LogP contribution in [0.1, 0.15) is 55.3 Å². The Kier molecular flexibility index (Phi) is 7.38. The third-order valence-corrected chi connectivity index (χ3v) is 4.91. The zero-order chi connectivity index (χ0) is 20.7. The van der Waals surface area contributed by atoms with Crippen molar-refractivity contribution < 1.29 is 19.1 Å². The molecular formula is C24H30O4. The molecule has 150 valence electrons. The molecule has 0 fully saturated rings. The van der Waals surface area contributed by atoms with Crippen LogP contribution < -0.4 is 0 Å². The summed E-state index contributed by atoms with van der Waals surface area (Å²) in [7, 11) is 0. The first-order valence-electron chi connectivity index (χ1n) is 9.68. The van der Waals surface area contributed by atoms with Gasteiger partial charge in [0, 0.05) is 5.92 Å². The molecule has 28 heavy (non-hydrogen) atoms. The minimum absolute atomic E-state index is 0.0173. The lowest BCUT2D eigenvalue weighted by Gasteiger charge is -2.39. The van der Waals surface area contributed by atoms with Crippen LogP contribution in [-0.2, 0) is 9.47 Å². The van der Waals surface area contributed by atoms with E-state index in [9.17, 15) is 9.59 Å². The standard InChI is InChI=1S/C24H30O4/c1-17(16-27-22(25)19-12-8-6-9-13-19)21(24(3,4)5)18(2)28-23(26)20-14-10-7-11-15-20/h6-15,17-18,21H,16H2,1-5H3. The van der Waals surface area contributed by atoms with Gasteiger partial charge >= 0.3 is 11.9 Å². The number of benzene rings is 2. The molecular weight excluding hydrogens is 352 g/mol. The Morgan fingerprint density at radius 1 is 0.821 bits per heavy atom. The van der Waals surface area contributed by atoms with Gasteiger partial charge in [0.1, 0.15) is 6.10 Å². The molecule has 0 heterocycles. The van der Waals surface area contributed by atoms with Crippen LogP contribution in [0, 0.1) is 17.3 Å². The van der Waals surface area contributed by atoms with Crippen molar-refractivity contribution >= 4 is 11.9 Å². The van der Waals surface area contributed by atoms with Gasteiger partial charge in [-0.15, -0.1) is 0 Å². The van der Waals surface area contributed by atoms with Gasteiger partial charge in [-0.1, -0.05) is 64.1 Å². The summed E-state index contributed by atoms with van der Waals surface area (Å²) in [4.78, 5) is 24.7. The van der Waals surface area contributed by atoms with Crippen molar-refractivity contribution in [3.05, 3.63) is 71.8 Å².